The fourth-order valence-electron chi connectivity index (χ4n) is 6.93. The number of guanidine groups is 2. The van der Waals surface area contributed by atoms with Crippen LogP contribution in [0.3, 0.4) is 0 Å². The summed E-state index contributed by atoms with van der Waals surface area (Å²) < 4.78 is 5.91. The highest BCUT2D eigenvalue weighted by molar-refractivity contribution is 6.02. The molecule has 14 nitrogen and oxygen atoms in total. The van der Waals surface area contributed by atoms with E-state index in [1.54, 1.807) is 6.07 Å². The Bertz CT molecular complexity index is 1360. The van der Waals surface area contributed by atoms with Crippen molar-refractivity contribution in [1.82, 2.24) is 20.4 Å². The van der Waals surface area contributed by atoms with Gasteiger partial charge in [0.25, 0.3) is 5.91 Å². The second kappa shape index (κ2) is 7.82. The van der Waals surface area contributed by atoms with Crippen molar-refractivity contribution in [1.29, 1.82) is 0 Å². The Morgan fingerprint density at radius 2 is 1.90 bits per heavy atom. The third-order valence-electron chi connectivity index (χ3n) is 9.14. The summed E-state index contributed by atoms with van der Waals surface area (Å²) in [6.45, 7) is 0.258. The fraction of sp³-hybridized carbons (Fsp3) is 0.560. The van der Waals surface area contributed by atoms with Crippen LogP contribution in [0.25, 0.3) is 0 Å². The number of imide groups is 1. The maximum absolute atomic E-state index is 13.6. The Kier molecular flexibility index (Phi) is 4.84. The normalized spacial score (nSPS) is 33.0. The van der Waals surface area contributed by atoms with Gasteiger partial charge in [0.05, 0.1) is 24.8 Å². The fourth-order valence-corrected chi connectivity index (χ4v) is 6.93. The molecule has 206 valence electrons. The molecule has 0 aromatic heterocycles. The standard InChI is InChI=1S/C25H30N8O6/c26-21-30-19-14(10-32-16(34)4-5-17(32)35)28-22(27)33-11-15(25(37,38)24(19,33)31-21)29-20(36)12-2-1-3-13-18(12)39-9-8-23(13)6-7-23/h1-3,14-15,19,37-38H,4-11H2,(H2,27,28)(H,29,36)(H3,26,30,31)/t14-,15-,19-,24-/m0/s1. The number of nitrogens with one attached hydrogen (secondary N) is 2. The molecule has 0 radical (unpaired) electrons. The maximum atomic E-state index is 13.6. The summed E-state index contributed by atoms with van der Waals surface area (Å²) in [5.74, 6) is -3.47. The summed E-state index contributed by atoms with van der Waals surface area (Å²) in [5, 5.41) is 29.0. The van der Waals surface area contributed by atoms with Crippen molar-refractivity contribution in [3.05, 3.63) is 29.3 Å². The zero-order valence-electron chi connectivity index (χ0n) is 21.1. The van der Waals surface area contributed by atoms with Crippen LogP contribution in [0, 0.1) is 0 Å². The highest BCUT2D eigenvalue weighted by Crippen LogP contribution is 2.56. The predicted octanol–water partition coefficient (Wildman–Crippen LogP) is -2.58. The zero-order chi connectivity index (χ0) is 27.3. The molecule has 1 aromatic rings. The number of ether oxygens (including phenoxy) is 1. The Morgan fingerprint density at radius 3 is 2.62 bits per heavy atom. The van der Waals surface area contributed by atoms with Gasteiger partial charge in [0, 0.05) is 30.4 Å². The number of hydrogen-bond donors (Lipinski definition) is 6. The molecule has 3 amide bonds. The third-order valence-corrected chi connectivity index (χ3v) is 9.14. The van der Waals surface area contributed by atoms with Crippen molar-refractivity contribution in [2.45, 2.75) is 67.1 Å². The van der Waals surface area contributed by atoms with E-state index in [4.69, 9.17) is 16.2 Å². The van der Waals surface area contributed by atoms with E-state index in [0.717, 1.165) is 29.7 Å². The first-order valence-corrected chi connectivity index (χ1v) is 13.1. The predicted molar refractivity (Wildman–Crippen MR) is 135 cm³/mol. The van der Waals surface area contributed by atoms with Crippen LogP contribution < -0.4 is 26.8 Å². The monoisotopic (exact) mass is 538 g/mol. The van der Waals surface area contributed by atoms with Gasteiger partial charge in [0.2, 0.25) is 17.6 Å². The molecule has 6 aliphatic rings. The highest BCUT2D eigenvalue weighted by Gasteiger charge is 2.73. The minimum Gasteiger partial charge on any atom is -0.492 e. The third kappa shape index (κ3) is 3.18. The molecule has 0 bridgehead atoms. The zero-order valence-corrected chi connectivity index (χ0v) is 21.1. The number of benzene rings is 1. The van der Waals surface area contributed by atoms with Crippen molar-refractivity contribution >= 4 is 29.6 Å². The van der Waals surface area contributed by atoms with Crippen molar-refractivity contribution in [2.24, 2.45) is 21.5 Å². The second-order valence-electron chi connectivity index (χ2n) is 11.2. The molecule has 2 spiro atoms. The van der Waals surface area contributed by atoms with E-state index in [2.05, 4.69) is 20.6 Å². The smallest absolute Gasteiger partial charge is 0.255 e. The molecule has 14 heteroatoms. The molecule has 3 fully saturated rings. The number of para-hydroxylation sites is 1. The lowest BCUT2D eigenvalue weighted by Gasteiger charge is -2.49. The Balaban J connectivity index is 1.20. The van der Waals surface area contributed by atoms with Crippen LogP contribution in [0.1, 0.15) is 48.0 Å². The van der Waals surface area contributed by atoms with Gasteiger partial charge in [-0.1, -0.05) is 12.1 Å². The summed E-state index contributed by atoms with van der Waals surface area (Å²) in [6, 6.07) is 2.29. The van der Waals surface area contributed by atoms with Gasteiger partial charge in [-0.3, -0.25) is 19.3 Å². The first kappa shape index (κ1) is 24.2. The van der Waals surface area contributed by atoms with E-state index in [1.165, 1.54) is 4.90 Å². The maximum Gasteiger partial charge on any atom is 0.255 e. The van der Waals surface area contributed by atoms with E-state index in [1.807, 2.05) is 12.1 Å². The number of amides is 3. The number of aliphatic imine (C=N–C) groups is 2. The number of fused-ring (bicyclic) bond motifs is 2. The molecule has 4 atom stereocenters. The van der Waals surface area contributed by atoms with Gasteiger partial charge in [-0.15, -0.1) is 0 Å². The van der Waals surface area contributed by atoms with Crippen LogP contribution in [0.2, 0.25) is 0 Å². The molecule has 0 unspecified atom stereocenters. The van der Waals surface area contributed by atoms with Gasteiger partial charge in [-0.25, -0.2) is 9.98 Å². The highest BCUT2D eigenvalue weighted by atomic mass is 16.5. The average molecular weight is 539 g/mol. The van der Waals surface area contributed by atoms with Crippen LogP contribution in [-0.2, 0) is 15.0 Å². The number of rotatable bonds is 4. The van der Waals surface area contributed by atoms with Gasteiger partial charge in [-0.2, -0.15) is 0 Å². The largest absolute Gasteiger partial charge is 0.492 e. The first-order valence-electron chi connectivity index (χ1n) is 13.1. The van der Waals surface area contributed by atoms with E-state index in [0.29, 0.717) is 17.9 Å². The number of nitrogens with zero attached hydrogens (tertiary/aromatic N) is 4. The van der Waals surface area contributed by atoms with Crippen LogP contribution in [0.15, 0.2) is 28.2 Å². The van der Waals surface area contributed by atoms with Crippen LogP contribution in [0.5, 0.6) is 5.75 Å². The number of nitrogens with two attached hydrogens (primary N) is 2. The summed E-state index contributed by atoms with van der Waals surface area (Å²) >= 11 is 0. The summed E-state index contributed by atoms with van der Waals surface area (Å²) in [7, 11) is 0. The molecule has 5 aliphatic heterocycles. The van der Waals surface area contributed by atoms with Crippen molar-refractivity contribution in [3.8, 4) is 5.75 Å². The number of hydrogen-bond acceptors (Lipinski definition) is 12. The lowest BCUT2D eigenvalue weighted by atomic mass is 9.84. The van der Waals surface area contributed by atoms with Crippen LogP contribution in [0.4, 0.5) is 0 Å². The molecule has 5 heterocycles. The molecule has 1 aromatic carbocycles. The minimum atomic E-state index is -2.64. The molecule has 2 saturated heterocycles. The average Bonchev–Trinajstić information content (AvgIpc) is 3.38. The van der Waals surface area contributed by atoms with E-state index in [-0.39, 0.29) is 55.1 Å². The van der Waals surface area contributed by atoms with Gasteiger partial charge < -0.3 is 42.0 Å². The topological polar surface area (TPSA) is 208 Å². The van der Waals surface area contributed by atoms with Gasteiger partial charge in [0.15, 0.2) is 17.6 Å². The SMILES string of the molecule is NC1=N[C@H]2[C@H](CN3C(=O)CCC3=O)N=C(N)N3C[C@H](NC(=O)c4cccc5c4OCCC54CC4)C(O)(O)[C@]23N1. The number of likely N-dealkylation sites (tertiary alicyclic amines) is 1. The first-order chi connectivity index (χ1) is 18.6. The Morgan fingerprint density at radius 1 is 1.15 bits per heavy atom. The molecule has 39 heavy (non-hydrogen) atoms. The van der Waals surface area contributed by atoms with Crippen molar-refractivity contribution in [3.63, 3.8) is 0 Å². The van der Waals surface area contributed by atoms with Gasteiger partial charge >= 0.3 is 0 Å². The van der Waals surface area contributed by atoms with Crippen LogP contribution >= 0.6 is 0 Å². The number of aliphatic hydroxyl groups is 2. The number of carbonyl (C=O) groups is 3. The van der Waals surface area contributed by atoms with E-state index in [9.17, 15) is 24.6 Å². The Labute approximate surface area is 223 Å². The summed E-state index contributed by atoms with van der Waals surface area (Å²) in [4.78, 5) is 49.5. The molecule has 1 saturated carbocycles. The van der Waals surface area contributed by atoms with Crippen molar-refractivity contribution in [2.75, 3.05) is 19.7 Å². The lowest BCUT2D eigenvalue weighted by Crippen LogP contribution is -2.78. The Hall–Kier alpha value is -3.91. The lowest BCUT2D eigenvalue weighted by molar-refractivity contribution is -0.230. The van der Waals surface area contributed by atoms with E-state index >= 15 is 0 Å². The molecular formula is C25H30N8O6. The molecule has 1 aliphatic carbocycles. The quantitative estimate of drug-likeness (QED) is 0.174. The van der Waals surface area contributed by atoms with Gasteiger partial charge in [-0.05, 0) is 25.3 Å². The van der Waals surface area contributed by atoms with Gasteiger partial charge in [0.1, 0.15) is 17.8 Å². The van der Waals surface area contributed by atoms with E-state index < -0.39 is 35.5 Å². The van der Waals surface area contributed by atoms with Crippen LogP contribution in [-0.4, -0.2) is 98.9 Å². The summed E-state index contributed by atoms with van der Waals surface area (Å²) in [5.41, 5.74) is 11.9. The van der Waals surface area contributed by atoms with Crippen molar-refractivity contribution < 1.29 is 29.3 Å². The second-order valence-corrected chi connectivity index (χ2v) is 11.2. The molecule has 7 rings (SSSR count). The summed E-state index contributed by atoms with van der Waals surface area (Å²) in [6.07, 6.45) is 3.21. The minimum absolute atomic E-state index is 0.0580. The molecule has 8 N–H and O–H groups in total. The number of carbonyl (C=O) groups excluding carboxylic acids is 3. The molecular weight excluding hydrogens is 508 g/mol.